The first kappa shape index (κ1) is 17.0. The molecule has 114 valence electrons. The van der Waals surface area contributed by atoms with Crippen LogP contribution in [-0.4, -0.2) is 19.8 Å². The van der Waals surface area contributed by atoms with Gasteiger partial charge in [-0.15, -0.1) is 13.2 Å². The molecule has 0 atom stereocenters. The average Bonchev–Trinajstić information content (AvgIpc) is 2.24. The highest BCUT2D eigenvalue weighted by molar-refractivity contribution is 9.08. The number of nitrogens with zero attached hydrogens (tertiary/aromatic N) is 1. The van der Waals surface area contributed by atoms with E-state index in [0.29, 0.717) is 0 Å². The van der Waals surface area contributed by atoms with E-state index in [1.54, 1.807) is 0 Å². The molecule has 20 heavy (non-hydrogen) atoms. The molecule has 0 aliphatic rings. The molecule has 5 nitrogen and oxygen atoms in total. The number of primary sulfonamides is 1. The van der Waals surface area contributed by atoms with Gasteiger partial charge in [-0.2, -0.15) is 0 Å². The van der Waals surface area contributed by atoms with Crippen molar-refractivity contribution in [3.8, 4) is 5.75 Å². The van der Waals surface area contributed by atoms with Crippen LogP contribution >= 0.6 is 15.9 Å². The number of alkyl halides is 6. The summed E-state index contributed by atoms with van der Waals surface area (Å²) in [7, 11) is -4.45. The van der Waals surface area contributed by atoms with Crippen molar-refractivity contribution in [1.82, 2.24) is 4.98 Å². The second kappa shape index (κ2) is 5.77. The average molecular weight is 385 g/mol. The maximum absolute atomic E-state index is 12.6. The number of nitrogens with two attached hydrogens (primary N) is 1. The third-order valence-electron chi connectivity index (χ3n) is 1.92. The normalized spacial score (nSPS) is 12.8. The van der Waals surface area contributed by atoms with Crippen molar-refractivity contribution in [3.63, 3.8) is 0 Å². The summed E-state index contributed by atoms with van der Waals surface area (Å²) in [5.41, 5.74) is -1.78. The predicted octanol–water partition coefficient (Wildman–Crippen LogP) is 2.46. The lowest BCUT2D eigenvalue weighted by atomic mass is 10.3. The van der Waals surface area contributed by atoms with Crippen LogP contribution in [0.2, 0.25) is 0 Å². The molecule has 0 saturated carbocycles. The molecule has 1 aromatic rings. The highest BCUT2D eigenvalue weighted by Crippen LogP contribution is 2.34. The Morgan fingerprint density at radius 2 is 1.95 bits per heavy atom. The van der Waals surface area contributed by atoms with Gasteiger partial charge in [0.25, 0.3) is 6.43 Å². The molecule has 0 unspecified atom stereocenters. The van der Waals surface area contributed by atoms with Crippen LogP contribution in [0.3, 0.4) is 0 Å². The summed E-state index contributed by atoms with van der Waals surface area (Å²) >= 11 is 2.78. The second-order valence-electron chi connectivity index (χ2n) is 3.34. The molecule has 0 bridgehead atoms. The lowest BCUT2D eigenvalue weighted by molar-refractivity contribution is -0.275. The number of aromatic nitrogens is 1. The van der Waals surface area contributed by atoms with Gasteiger partial charge >= 0.3 is 6.36 Å². The van der Waals surface area contributed by atoms with Gasteiger partial charge in [0.2, 0.25) is 10.0 Å². The molecule has 1 aromatic heterocycles. The van der Waals surface area contributed by atoms with Crippen LogP contribution in [0.4, 0.5) is 22.0 Å². The fourth-order valence-corrected chi connectivity index (χ4v) is 2.57. The van der Waals surface area contributed by atoms with E-state index in [1.165, 1.54) is 0 Å². The summed E-state index contributed by atoms with van der Waals surface area (Å²) in [4.78, 5) is 2.33. The number of sulfonamides is 1. The molecule has 0 aliphatic heterocycles. The Morgan fingerprint density at radius 1 is 1.40 bits per heavy atom. The summed E-state index contributed by atoms with van der Waals surface area (Å²) in [6.07, 6.45) is -8.67. The first-order valence-electron chi connectivity index (χ1n) is 4.62. The monoisotopic (exact) mass is 384 g/mol. The van der Waals surface area contributed by atoms with E-state index < -0.39 is 44.8 Å². The Kier molecular flexibility index (Phi) is 4.92. The van der Waals surface area contributed by atoms with E-state index in [2.05, 4.69) is 25.7 Å². The van der Waals surface area contributed by atoms with E-state index in [4.69, 9.17) is 5.14 Å². The molecule has 0 amide bonds. The van der Waals surface area contributed by atoms with Crippen molar-refractivity contribution in [2.45, 2.75) is 23.0 Å². The number of hydrogen-bond donors (Lipinski definition) is 1. The predicted molar refractivity (Wildman–Crippen MR) is 59.9 cm³/mol. The summed E-state index contributed by atoms with van der Waals surface area (Å²) < 4.78 is 87.4. The maximum atomic E-state index is 12.6. The summed E-state index contributed by atoms with van der Waals surface area (Å²) in [6, 6.07) is 0.272. The lowest BCUT2D eigenvalue weighted by Gasteiger charge is -2.15. The molecular formula is C8H6BrF5N2O3S. The van der Waals surface area contributed by atoms with E-state index in [1.807, 2.05) is 0 Å². The topological polar surface area (TPSA) is 82.3 Å². The molecule has 1 heterocycles. The van der Waals surface area contributed by atoms with E-state index in [9.17, 15) is 30.4 Å². The van der Waals surface area contributed by atoms with Crippen LogP contribution < -0.4 is 9.88 Å². The fraction of sp³-hybridized carbons (Fsp3) is 0.375. The number of halogens is 6. The lowest BCUT2D eigenvalue weighted by Crippen LogP contribution is -2.21. The van der Waals surface area contributed by atoms with Gasteiger partial charge in [-0.3, -0.25) is 0 Å². The molecule has 1 rings (SSSR count). The summed E-state index contributed by atoms with van der Waals surface area (Å²) in [5, 5.41) is 4.48. The van der Waals surface area contributed by atoms with Gasteiger partial charge in [0, 0.05) is 11.4 Å². The molecule has 12 heteroatoms. The largest absolute Gasteiger partial charge is 0.573 e. The van der Waals surface area contributed by atoms with E-state index >= 15 is 0 Å². The van der Waals surface area contributed by atoms with Gasteiger partial charge in [0.15, 0.2) is 5.75 Å². The van der Waals surface area contributed by atoms with Crippen LogP contribution in [0.1, 0.15) is 17.8 Å². The minimum Gasteiger partial charge on any atom is -0.404 e. The zero-order valence-electron chi connectivity index (χ0n) is 9.29. The minimum atomic E-state index is -5.28. The van der Waals surface area contributed by atoms with Crippen molar-refractivity contribution >= 4 is 26.0 Å². The zero-order chi connectivity index (χ0) is 15.7. The molecule has 0 aliphatic carbocycles. The Labute approximate surface area is 118 Å². The molecular weight excluding hydrogens is 379 g/mol. The van der Waals surface area contributed by atoms with Crippen molar-refractivity contribution in [3.05, 3.63) is 17.5 Å². The number of pyridine rings is 1. The van der Waals surface area contributed by atoms with Crippen LogP contribution in [0.5, 0.6) is 5.75 Å². The Morgan fingerprint density at radius 3 is 2.30 bits per heavy atom. The van der Waals surface area contributed by atoms with Gasteiger partial charge in [-0.25, -0.2) is 27.3 Å². The van der Waals surface area contributed by atoms with Crippen molar-refractivity contribution in [2.75, 3.05) is 0 Å². The minimum absolute atomic E-state index is 0.272. The van der Waals surface area contributed by atoms with E-state index in [-0.39, 0.29) is 11.4 Å². The summed E-state index contributed by atoms with van der Waals surface area (Å²) in [6.45, 7) is 0. The third kappa shape index (κ3) is 4.24. The van der Waals surface area contributed by atoms with Crippen molar-refractivity contribution in [1.29, 1.82) is 0 Å². The molecule has 2 N–H and O–H groups in total. The van der Waals surface area contributed by atoms with Gasteiger partial charge in [0.1, 0.15) is 10.6 Å². The quantitative estimate of drug-likeness (QED) is 0.638. The molecule has 0 radical (unpaired) electrons. The van der Waals surface area contributed by atoms with Crippen molar-refractivity contribution in [2.24, 2.45) is 5.14 Å². The number of hydrogen-bond acceptors (Lipinski definition) is 4. The van der Waals surface area contributed by atoms with Crippen molar-refractivity contribution < 1.29 is 35.1 Å². The molecule has 0 aromatic carbocycles. The second-order valence-corrected chi connectivity index (χ2v) is 5.43. The Bertz CT molecular complexity index is 605. The molecule has 0 fully saturated rings. The van der Waals surface area contributed by atoms with Gasteiger partial charge in [0.05, 0.1) is 5.69 Å². The highest BCUT2D eigenvalue weighted by Gasteiger charge is 2.35. The van der Waals surface area contributed by atoms with Crippen LogP contribution in [0, 0.1) is 0 Å². The van der Waals surface area contributed by atoms with Crippen LogP contribution in [0.25, 0.3) is 0 Å². The highest BCUT2D eigenvalue weighted by atomic mass is 79.9. The smallest absolute Gasteiger partial charge is 0.404 e. The first-order chi connectivity index (χ1) is 8.95. The standard InChI is InChI=1S/C8H6BrF5N2O3S/c9-2-3-5(20(15,17)18)1-4(19-8(12,13)14)6(16-3)7(10)11/h1,7H,2H2,(H2,15,17,18). The fourth-order valence-electron chi connectivity index (χ4n) is 1.24. The van der Waals surface area contributed by atoms with Gasteiger partial charge < -0.3 is 4.74 Å². The van der Waals surface area contributed by atoms with Gasteiger partial charge in [-0.1, -0.05) is 15.9 Å². The molecule has 0 saturated heterocycles. The number of ether oxygens (including phenoxy) is 1. The SMILES string of the molecule is NS(=O)(=O)c1cc(OC(F)(F)F)c(C(F)F)nc1CBr. The van der Waals surface area contributed by atoms with Gasteiger partial charge in [-0.05, 0) is 0 Å². The number of rotatable bonds is 4. The zero-order valence-corrected chi connectivity index (χ0v) is 11.7. The summed E-state index contributed by atoms with van der Waals surface area (Å²) in [5.74, 6) is -1.42. The Hall–Kier alpha value is -1.01. The first-order valence-corrected chi connectivity index (χ1v) is 7.29. The molecule has 0 spiro atoms. The van der Waals surface area contributed by atoms with Crippen LogP contribution in [-0.2, 0) is 15.4 Å². The van der Waals surface area contributed by atoms with Crippen LogP contribution in [0.15, 0.2) is 11.0 Å². The third-order valence-corrected chi connectivity index (χ3v) is 3.42. The van der Waals surface area contributed by atoms with E-state index in [0.717, 1.165) is 0 Å². The maximum Gasteiger partial charge on any atom is 0.573 e. The Balaban J connectivity index is 3.55.